The summed E-state index contributed by atoms with van der Waals surface area (Å²) in [5, 5.41) is 8.49. The highest BCUT2D eigenvalue weighted by molar-refractivity contribution is 5.82. The van der Waals surface area contributed by atoms with E-state index >= 15 is 0 Å². The molecular formula is C11H20N2O3. The number of hydrogen-bond donors (Lipinski definition) is 2. The van der Waals surface area contributed by atoms with Gasteiger partial charge in [-0.3, -0.25) is 9.59 Å². The van der Waals surface area contributed by atoms with E-state index in [9.17, 15) is 9.59 Å². The first-order valence-corrected chi connectivity index (χ1v) is 5.40. The van der Waals surface area contributed by atoms with Crippen LogP contribution < -0.4 is 5.73 Å². The van der Waals surface area contributed by atoms with E-state index in [-0.39, 0.29) is 18.7 Å². The zero-order valence-corrected chi connectivity index (χ0v) is 9.69. The predicted molar refractivity (Wildman–Crippen MR) is 61.9 cm³/mol. The summed E-state index contributed by atoms with van der Waals surface area (Å²) in [6.45, 7) is 6.60. The van der Waals surface area contributed by atoms with Crippen molar-refractivity contribution in [1.82, 2.24) is 4.90 Å². The molecular weight excluding hydrogens is 208 g/mol. The molecule has 5 nitrogen and oxygen atoms in total. The molecule has 0 aromatic rings. The molecule has 0 rings (SSSR count). The lowest BCUT2D eigenvalue weighted by atomic mass is 10.1. The molecule has 0 radical (unpaired) electrons. The summed E-state index contributed by atoms with van der Waals surface area (Å²) in [6.07, 6.45) is 2.56. The normalized spacial score (nSPS) is 11.9. The van der Waals surface area contributed by atoms with Crippen molar-refractivity contribution >= 4 is 11.9 Å². The van der Waals surface area contributed by atoms with Gasteiger partial charge < -0.3 is 15.7 Å². The second kappa shape index (κ2) is 7.87. The highest BCUT2D eigenvalue weighted by Gasteiger charge is 2.19. The lowest BCUT2D eigenvalue weighted by molar-refractivity contribution is -0.137. The van der Waals surface area contributed by atoms with Gasteiger partial charge in [0.15, 0.2) is 0 Å². The smallest absolute Gasteiger partial charge is 0.303 e. The zero-order valence-electron chi connectivity index (χ0n) is 9.69. The highest BCUT2D eigenvalue weighted by Crippen LogP contribution is 2.02. The van der Waals surface area contributed by atoms with Gasteiger partial charge in [0.25, 0.3) is 0 Å². The Morgan fingerprint density at radius 2 is 2.19 bits per heavy atom. The standard InChI is InChI=1S/C11H20N2O3/c1-3-7-13(8-4-2)11(16)9(12)5-6-10(14)15/h3,9H,1,4-8,12H2,2H3,(H,14,15). The maximum absolute atomic E-state index is 11.8. The first kappa shape index (κ1) is 14.6. The molecule has 0 aliphatic rings. The third-order valence-corrected chi connectivity index (χ3v) is 2.14. The van der Waals surface area contributed by atoms with Crippen LogP contribution in [0.1, 0.15) is 26.2 Å². The van der Waals surface area contributed by atoms with Gasteiger partial charge in [0, 0.05) is 19.5 Å². The van der Waals surface area contributed by atoms with Crippen LogP contribution in [-0.2, 0) is 9.59 Å². The summed E-state index contributed by atoms with van der Waals surface area (Å²) in [6, 6.07) is -0.734. The second-order valence-corrected chi connectivity index (χ2v) is 3.61. The van der Waals surface area contributed by atoms with E-state index in [0.717, 1.165) is 6.42 Å². The first-order chi connectivity index (χ1) is 7.52. The Bertz CT molecular complexity index is 254. The molecule has 0 bridgehead atoms. The zero-order chi connectivity index (χ0) is 12.6. The number of hydrogen-bond acceptors (Lipinski definition) is 3. The molecule has 0 spiro atoms. The fraction of sp³-hybridized carbons (Fsp3) is 0.636. The van der Waals surface area contributed by atoms with Crippen molar-refractivity contribution in [3.63, 3.8) is 0 Å². The molecule has 0 fully saturated rings. The first-order valence-electron chi connectivity index (χ1n) is 5.40. The third-order valence-electron chi connectivity index (χ3n) is 2.14. The molecule has 0 aromatic carbocycles. The average molecular weight is 228 g/mol. The van der Waals surface area contributed by atoms with E-state index in [0.29, 0.717) is 13.1 Å². The summed E-state index contributed by atoms with van der Waals surface area (Å²) >= 11 is 0. The minimum absolute atomic E-state index is 0.0824. The molecule has 0 aliphatic heterocycles. The van der Waals surface area contributed by atoms with Gasteiger partial charge in [0.2, 0.25) is 5.91 Å². The van der Waals surface area contributed by atoms with Gasteiger partial charge >= 0.3 is 5.97 Å². The van der Waals surface area contributed by atoms with Gasteiger partial charge in [-0.25, -0.2) is 0 Å². The molecule has 5 heteroatoms. The number of nitrogens with two attached hydrogens (primary N) is 1. The van der Waals surface area contributed by atoms with Crippen LogP contribution in [0.4, 0.5) is 0 Å². The average Bonchev–Trinajstić information content (AvgIpc) is 2.24. The van der Waals surface area contributed by atoms with E-state index in [4.69, 9.17) is 10.8 Å². The molecule has 16 heavy (non-hydrogen) atoms. The van der Waals surface area contributed by atoms with E-state index in [2.05, 4.69) is 6.58 Å². The molecule has 0 heterocycles. The van der Waals surface area contributed by atoms with Crippen molar-refractivity contribution in [2.45, 2.75) is 32.2 Å². The van der Waals surface area contributed by atoms with E-state index in [1.165, 1.54) is 0 Å². The highest BCUT2D eigenvalue weighted by atomic mass is 16.4. The van der Waals surface area contributed by atoms with Crippen LogP contribution in [0.15, 0.2) is 12.7 Å². The van der Waals surface area contributed by atoms with Crippen molar-refractivity contribution in [3.8, 4) is 0 Å². The Labute approximate surface area is 95.9 Å². The number of carbonyl (C=O) groups is 2. The van der Waals surface area contributed by atoms with Crippen molar-refractivity contribution in [1.29, 1.82) is 0 Å². The van der Waals surface area contributed by atoms with Crippen LogP contribution in [0.5, 0.6) is 0 Å². The number of rotatable bonds is 8. The van der Waals surface area contributed by atoms with Gasteiger partial charge in [-0.05, 0) is 12.8 Å². The van der Waals surface area contributed by atoms with Gasteiger partial charge in [0.1, 0.15) is 0 Å². The van der Waals surface area contributed by atoms with Crippen LogP contribution in [0.25, 0.3) is 0 Å². The number of nitrogens with zero attached hydrogens (tertiary/aromatic N) is 1. The minimum atomic E-state index is -0.936. The fourth-order valence-corrected chi connectivity index (χ4v) is 1.35. The second-order valence-electron chi connectivity index (χ2n) is 3.61. The van der Waals surface area contributed by atoms with Crippen LogP contribution in [-0.4, -0.2) is 41.0 Å². The Hall–Kier alpha value is -1.36. The lowest BCUT2D eigenvalue weighted by Gasteiger charge is -2.23. The van der Waals surface area contributed by atoms with E-state index in [1.807, 2.05) is 6.92 Å². The lowest BCUT2D eigenvalue weighted by Crippen LogP contribution is -2.44. The summed E-state index contributed by atoms with van der Waals surface area (Å²) in [7, 11) is 0. The Balaban J connectivity index is 4.23. The number of carboxylic acids is 1. The van der Waals surface area contributed by atoms with Gasteiger partial charge in [0.05, 0.1) is 6.04 Å². The molecule has 1 atom stereocenters. The topological polar surface area (TPSA) is 83.6 Å². The minimum Gasteiger partial charge on any atom is -0.481 e. The van der Waals surface area contributed by atoms with Crippen molar-refractivity contribution in [3.05, 3.63) is 12.7 Å². The Morgan fingerprint density at radius 1 is 1.56 bits per heavy atom. The number of carboxylic acid groups (broad SMARTS) is 1. The molecule has 1 unspecified atom stereocenters. The monoisotopic (exact) mass is 228 g/mol. The molecule has 0 saturated carbocycles. The molecule has 92 valence electrons. The maximum atomic E-state index is 11.8. The molecule has 1 amide bonds. The Morgan fingerprint density at radius 3 is 2.62 bits per heavy atom. The molecule has 3 N–H and O–H groups in total. The summed E-state index contributed by atoms with van der Waals surface area (Å²) in [5.41, 5.74) is 5.64. The van der Waals surface area contributed by atoms with Crippen molar-refractivity contribution in [2.75, 3.05) is 13.1 Å². The van der Waals surface area contributed by atoms with Crippen LogP contribution in [0, 0.1) is 0 Å². The number of carbonyl (C=O) groups excluding carboxylic acids is 1. The van der Waals surface area contributed by atoms with E-state index < -0.39 is 12.0 Å². The summed E-state index contributed by atoms with van der Waals surface area (Å²) < 4.78 is 0. The van der Waals surface area contributed by atoms with Crippen molar-refractivity contribution in [2.24, 2.45) is 5.73 Å². The van der Waals surface area contributed by atoms with Crippen molar-refractivity contribution < 1.29 is 14.7 Å². The Kier molecular flexibility index (Phi) is 7.20. The fourth-order valence-electron chi connectivity index (χ4n) is 1.35. The molecule has 0 aromatic heterocycles. The van der Waals surface area contributed by atoms with Gasteiger partial charge in [-0.2, -0.15) is 0 Å². The number of amides is 1. The summed E-state index contributed by atoms with van der Waals surface area (Å²) in [5.74, 6) is -1.14. The van der Waals surface area contributed by atoms with Crippen LogP contribution in [0.3, 0.4) is 0 Å². The maximum Gasteiger partial charge on any atom is 0.303 e. The third kappa shape index (κ3) is 5.50. The van der Waals surface area contributed by atoms with Crippen LogP contribution >= 0.6 is 0 Å². The molecule has 0 saturated heterocycles. The van der Waals surface area contributed by atoms with Gasteiger partial charge in [-0.1, -0.05) is 13.0 Å². The largest absolute Gasteiger partial charge is 0.481 e. The van der Waals surface area contributed by atoms with Gasteiger partial charge in [-0.15, -0.1) is 6.58 Å². The van der Waals surface area contributed by atoms with E-state index in [1.54, 1.807) is 11.0 Å². The quantitative estimate of drug-likeness (QED) is 0.596. The predicted octanol–water partition coefficient (Wildman–Crippen LogP) is 0.603. The number of aliphatic carboxylic acids is 1. The summed E-state index contributed by atoms with van der Waals surface area (Å²) in [4.78, 5) is 23.7. The SMILES string of the molecule is C=CCN(CCC)C(=O)C(N)CCC(=O)O. The van der Waals surface area contributed by atoms with Crippen LogP contribution in [0.2, 0.25) is 0 Å². The molecule has 0 aliphatic carbocycles.